The van der Waals surface area contributed by atoms with Gasteiger partial charge in [-0.2, -0.15) is 0 Å². The predicted molar refractivity (Wildman–Crippen MR) is 157 cm³/mol. The molecule has 0 amide bonds. The number of carbonyl (C=O) groups is 2. The summed E-state index contributed by atoms with van der Waals surface area (Å²) >= 11 is 0. The van der Waals surface area contributed by atoms with E-state index in [2.05, 4.69) is 69.8 Å². The minimum absolute atomic E-state index is 0.658. The zero-order valence-corrected chi connectivity index (χ0v) is 23.9. The molecule has 5 rings (SSSR count). The third kappa shape index (κ3) is 6.55. The van der Waals surface area contributed by atoms with E-state index in [0.717, 1.165) is 57.1 Å². The number of aromatic nitrogens is 1. The van der Waals surface area contributed by atoms with E-state index < -0.39 is 11.9 Å². The van der Waals surface area contributed by atoms with Gasteiger partial charge < -0.3 is 29.0 Å². The van der Waals surface area contributed by atoms with Crippen LogP contribution >= 0.6 is 0 Å². The van der Waals surface area contributed by atoms with Crippen molar-refractivity contribution in [3.8, 4) is 17.2 Å². The predicted octanol–water partition coefficient (Wildman–Crippen LogP) is 4.31. The van der Waals surface area contributed by atoms with Crippen LogP contribution in [-0.4, -0.2) is 84.0 Å². The average Bonchev–Trinajstić information content (AvgIpc) is 3.31. The van der Waals surface area contributed by atoms with Gasteiger partial charge in [0.15, 0.2) is 11.5 Å². The van der Waals surface area contributed by atoms with Gasteiger partial charge in [-0.3, -0.25) is 9.80 Å². The van der Waals surface area contributed by atoms with Gasteiger partial charge in [0.1, 0.15) is 0 Å². The largest absolute Gasteiger partial charge is 0.493 e. The van der Waals surface area contributed by atoms with Crippen molar-refractivity contribution in [3.63, 3.8) is 0 Å². The van der Waals surface area contributed by atoms with Crippen LogP contribution in [0.15, 0.2) is 54.6 Å². The molecule has 1 aliphatic heterocycles. The highest BCUT2D eigenvalue weighted by atomic mass is 16.5. The number of fused-ring (bicyclic) bond motifs is 3. The molecule has 2 heterocycles. The van der Waals surface area contributed by atoms with Gasteiger partial charge in [-0.15, -0.1) is 0 Å². The molecule has 2 N–H and O–H groups in total. The summed E-state index contributed by atoms with van der Waals surface area (Å²) in [6, 6.07) is 19.8. The van der Waals surface area contributed by atoms with Crippen molar-refractivity contribution in [2.75, 3.05) is 47.5 Å². The summed E-state index contributed by atoms with van der Waals surface area (Å²) in [6.45, 7) is 9.15. The quantitative estimate of drug-likeness (QED) is 0.303. The Bertz CT molecular complexity index is 1510. The van der Waals surface area contributed by atoms with Gasteiger partial charge in [-0.25, -0.2) is 9.59 Å². The van der Waals surface area contributed by atoms with Crippen LogP contribution in [0.4, 0.5) is 0 Å². The molecule has 0 unspecified atom stereocenters. The van der Waals surface area contributed by atoms with E-state index in [-0.39, 0.29) is 0 Å². The lowest BCUT2D eigenvalue weighted by molar-refractivity contribution is -0.159. The van der Waals surface area contributed by atoms with Crippen molar-refractivity contribution in [1.82, 2.24) is 14.4 Å². The van der Waals surface area contributed by atoms with E-state index in [1.807, 2.05) is 6.07 Å². The van der Waals surface area contributed by atoms with Crippen LogP contribution in [0.25, 0.3) is 21.8 Å². The zero-order chi connectivity index (χ0) is 29.5. The Morgan fingerprint density at radius 1 is 0.732 bits per heavy atom. The lowest BCUT2D eigenvalue weighted by Gasteiger charge is -2.35. The second kappa shape index (κ2) is 13.4. The molecule has 0 radical (unpaired) electrons. The summed E-state index contributed by atoms with van der Waals surface area (Å²) in [5.74, 6) is -1.54. The Kier molecular flexibility index (Phi) is 9.69. The molecule has 4 aromatic rings. The number of ether oxygens (including phenoxy) is 3. The number of hydrogen-bond acceptors (Lipinski definition) is 7. The molecule has 10 heteroatoms. The number of para-hydroxylation sites is 1. The number of hydrogen-bond donors (Lipinski definition) is 2. The van der Waals surface area contributed by atoms with Gasteiger partial charge >= 0.3 is 11.9 Å². The summed E-state index contributed by atoms with van der Waals surface area (Å²) in [6.07, 6.45) is 0. The monoisotopic (exact) mass is 563 g/mol. The lowest BCUT2D eigenvalue weighted by Crippen LogP contribution is -2.45. The Morgan fingerprint density at radius 3 is 1.93 bits per heavy atom. The maximum absolute atomic E-state index is 9.10. The number of carboxylic acid groups (broad SMARTS) is 2. The minimum atomic E-state index is -1.82. The molecule has 1 aromatic heterocycles. The van der Waals surface area contributed by atoms with Gasteiger partial charge in [0, 0.05) is 73.2 Å². The van der Waals surface area contributed by atoms with Crippen molar-refractivity contribution in [3.05, 3.63) is 65.7 Å². The van der Waals surface area contributed by atoms with Gasteiger partial charge in [-0.1, -0.05) is 30.3 Å². The molecular weight excluding hydrogens is 526 g/mol. The average molecular weight is 564 g/mol. The highest BCUT2D eigenvalue weighted by molar-refractivity contribution is 6.27. The Labute approximate surface area is 239 Å². The van der Waals surface area contributed by atoms with E-state index in [1.54, 1.807) is 21.3 Å². The Balaban J connectivity index is 0.000000585. The molecule has 3 aromatic carbocycles. The fourth-order valence-corrected chi connectivity index (χ4v) is 5.43. The number of carboxylic acids is 2. The summed E-state index contributed by atoms with van der Waals surface area (Å²) in [5, 5.41) is 17.5. The van der Waals surface area contributed by atoms with E-state index in [4.69, 9.17) is 34.0 Å². The third-order valence-electron chi connectivity index (χ3n) is 7.39. The summed E-state index contributed by atoms with van der Waals surface area (Å²) < 4.78 is 19.1. The second-order valence-electron chi connectivity index (χ2n) is 9.77. The maximum Gasteiger partial charge on any atom is 0.414 e. The molecule has 0 saturated carbocycles. The first kappa shape index (κ1) is 29.7. The highest BCUT2D eigenvalue weighted by Gasteiger charge is 2.22. The fourth-order valence-electron chi connectivity index (χ4n) is 5.43. The molecule has 41 heavy (non-hydrogen) atoms. The van der Waals surface area contributed by atoms with Gasteiger partial charge in [0.2, 0.25) is 5.75 Å². The van der Waals surface area contributed by atoms with Crippen LogP contribution in [0.3, 0.4) is 0 Å². The minimum Gasteiger partial charge on any atom is -0.493 e. The van der Waals surface area contributed by atoms with Gasteiger partial charge in [-0.05, 0) is 36.8 Å². The van der Waals surface area contributed by atoms with Crippen molar-refractivity contribution < 1.29 is 34.0 Å². The first-order valence-electron chi connectivity index (χ1n) is 13.5. The first-order valence-corrected chi connectivity index (χ1v) is 13.5. The van der Waals surface area contributed by atoms with E-state index in [1.165, 1.54) is 27.4 Å². The second-order valence-corrected chi connectivity index (χ2v) is 9.77. The number of methoxy groups -OCH3 is 3. The zero-order valence-electron chi connectivity index (χ0n) is 23.9. The van der Waals surface area contributed by atoms with Crippen molar-refractivity contribution >= 4 is 33.7 Å². The van der Waals surface area contributed by atoms with Gasteiger partial charge in [0.25, 0.3) is 0 Å². The molecule has 1 fully saturated rings. The number of aliphatic carboxylic acids is 2. The molecule has 218 valence electrons. The van der Waals surface area contributed by atoms with Crippen LogP contribution in [0, 0.1) is 0 Å². The number of piperazine rings is 1. The normalized spacial score (nSPS) is 14.0. The number of rotatable bonds is 8. The van der Waals surface area contributed by atoms with Crippen LogP contribution < -0.4 is 14.2 Å². The summed E-state index contributed by atoms with van der Waals surface area (Å²) in [4.78, 5) is 23.2. The fraction of sp³-hybridized carbons (Fsp3) is 0.355. The van der Waals surface area contributed by atoms with E-state index >= 15 is 0 Å². The number of benzene rings is 3. The molecule has 1 saturated heterocycles. The molecular formula is C31H37N3O7. The standard InChI is InChI=1S/C29H35N3O3.C2H2O4/c1-5-32-25-9-7-6-8-23(25)24-18-21(10-12-26(24)32)19-30-14-16-31(17-15-30)20-22-11-13-27(33-2)29(35-4)28(22)34-3;3-1(4)2(5)6/h6-13,18H,5,14-17,19-20H2,1-4H3;(H,3,4)(H,5,6). The Hall–Kier alpha value is -4.28. The molecule has 0 spiro atoms. The van der Waals surface area contributed by atoms with E-state index in [9.17, 15) is 0 Å². The highest BCUT2D eigenvalue weighted by Crippen LogP contribution is 2.40. The van der Waals surface area contributed by atoms with Gasteiger partial charge in [0.05, 0.1) is 21.3 Å². The number of aryl methyl sites for hydroxylation is 1. The molecule has 0 atom stereocenters. The lowest BCUT2D eigenvalue weighted by atomic mass is 10.1. The SMILES string of the molecule is CCn1c2ccccc2c2cc(CN3CCN(Cc4ccc(OC)c(OC)c4OC)CC3)ccc21.O=C(O)C(=O)O. The van der Waals surface area contributed by atoms with Crippen LogP contribution in [-0.2, 0) is 29.2 Å². The van der Waals surface area contributed by atoms with Crippen molar-refractivity contribution in [2.24, 2.45) is 0 Å². The molecule has 1 aliphatic rings. The van der Waals surface area contributed by atoms with Crippen LogP contribution in [0.1, 0.15) is 18.1 Å². The van der Waals surface area contributed by atoms with Crippen LogP contribution in [0.2, 0.25) is 0 Å². The molecule has 0 bridgehead atoms. The Morgan fingerprint density at radius 2 is 1.34 bits per heavy atom. The maximum atomic E-state index is 9.10. The summed E-state index contributed by atoms with van der Waals surface area (Å²) in [5.41, 5.74) is 5.15. The smallest absolute Gasteiger partial charge is 0.414 e. The van der Waals surface area contributed by atoms with Crippen molar-refractivity contribution in [2.45, 2.75) is 26.6 Å². The van der Waals surface area contributed by atoms with Crippen molar-refractivity contribution in [1.29, 1.82) is 0 Å². The summed E-state index contributed by atoms with van der Waals surface area (Å²) in [7, 11) is 4.99. The third-order valence-corrected chi connectivity index (χ3v) is 7.39. The topological polar surface area (TPSA) is 114 Å². The molecule has 0 aliphatic carbocycles. The van der Waals surface area contributed by atoms with E-state index in [0.29, 0.717) is 11.5 Å². The molecule has 10 nitrogen and oxygen atoms in total. The first-order chi connectivity index (χ1) is 19.8. The van der Waals surface area contributed by atoms with Crippen LogP contribution in [0.5, 0.6) is 17.2 Å². The number of nitrogens with zero attached hydrogens (tertiary/aromatic N) is 3.